The highest BCUT2D eigenvalue weighted by atomic mass is 127. The van der Waals surface area contributed by atoms with Crippen LogP contribution in [0.5, 0.6) is 0 Å². The van der Waals surface area contributed by atoms with Crippen LogP contribution in [-0.2, 0) is 11.3 Å². The molecule has 146 valence electrons. The average Bonchev–Trinajstić information content (AvgIpc) is 3.20. The lowest BCUT2D eigenvalue weighted by Crippen LogP contribution is -2.53. The zero-order chi connectivity index (χ0) is 18.4. The third-order valence-electron chi connectivity index (χ3n) is 4.48. The molecule has 1 fully saturated rings. The minimum atomic E-state index is 0. The minimum Gasteiger partial charge on any atom is -0.357 e. The van der Waals surface area contributed by atoms with Gasteiger partial charge in [0.25, 0.3) is 0 Å². The van der Waals surface area contributed by atoms with E-state index in [1.165, 1.54) is 0 Å². The lowest BCUT2D eigenvalue weighted by molar-refractivity contribution is -0.130. The maximum Gasteiger partial charge on any atom is 0.219 e. The van der Waals surface area contributed by atoms with Gasteiger partial charge < -0.3 is 15.1 Å². The Bertz CT molecular complexity index is 736. The summed E-state index contributed by atoms with van der Waals surface area (Å²) in [5, 5.41) is 7.60. The van der Waals surface area contributed by atoms with Gasteiger partial charge in [-0.15, -0.1) is 24.0 Å². The van der Waals surface area contributed by atoms with E-state index >= 15 is 0 Å². The first kappa shape index (κ1) is 21.2. The molecule has 0 unspecified atom stereocenters. The van der Waals surface area contributed by atoms with Crippen LogP contribution in [0.25, 0.3) is 5.69 Å². The van der Waals surface area contributed by atoms with Crippen LogP contribution in [0.15, 0.2) is 47.7 Å². The van der Waals surface area contributed by atoms with Gasteiger partial charge in [0, 0.05) is 52.0 Å². The fraction of sp³-hybridized carbons (Fsp3) is 0.421. The molecule has 0 aliphatic carbocycles. The number of carbonyl (C=O) groups is 1. The molecule has 3 rings (SSSR count). The summed E-state index contributed by atoms with van der Waals surface area (Å²) in [7, 11) is 0. The number of carbonyl (C=O) groups excluding carboxylic acids is 1. The van der Waals surface area contributed by atoms with Gasteiger partial charge in [-0.3, -0.25) is 4.79 Å². The number of hydrogen-bond acceptors (Lipinski definition) is 3. The quantitative estimate of drug-likeness (QED) is 0.412. The number of rotatable bonds is 4. The predicted molar refractivity (Wildman–Crippen MR) is 118 cm³/mol. The first-order chi connectivity index (χ1) is 12.7. The summed E-state index contributed by atoms with van der Waals surface area (Å²) in [6.45, 7) is 8.25. The van der Waals surface area contributed by atoms with Crippen molar-refractivity contribution in [3.63, 3.8) is 0 Å². The number of amides is 1. The third-order valence-corrected chi connectivity index (χ3v) is 4.48. The number of hydrogen-bond donors (Lipinski definition) is 1. The molecule has 2 aromatic rings. The molecule has 2 heterocycles. The summed E-state index contributed by atoms with van der Waals surface area (Å²) in [6.07, 6.45) is 3.70. The highest BCUT2D eigenvalue weighted by Gasteiger charge is 2.20. The van der Waals surface area contributed by atoms with Crippen LogP contribution in [0.4, 0.5) is 0 Å². The van der Waals surface area contributed by atoms with Crippen molar-refractivity contribution in [3.8, 4) is 5.69 Å². The molecule has 1 N–H and O–H groups in total. The van der Waals surface area contributed by atoms with Crippen molar-refractivity contribution < 1.29 is 4.79 Å². The fourth-order valence-corrected chi connectivity index (χ4v) is 3.00. The van der Waals surface area contributed by atoms with Gasteiger partial charge in [0.2, 0.25) is 5.91 Å². The molecule has 0 radical (unpaired) electrons. The molecule has 0 saturated carbocycles. The second-order valence-electron chi connectivity index (χ2n) is 6.28. The molecule has 0 spiro atoms. The number of halogens is 1. The second-order valence-corrected chi connectivity index (χ2v) is 6.28. The summed E-state index contributed by atoms with van der Waals surface area (Å²) in [5.74, 6) is 1.05. The fourth-order valence-electron chi connectivity index (χ4n) is 3.00. The predicted octanol–water partition coefficient (Wildman–Crippen LogP) is 2.12. The highest BCUT2D eigenvalue weighted by molar-refractivity contribution is 14.0. The Morgan fingerprint density at radius 1 is 1.15 bits per heavy atom. The third kappa shape index (κ3) is 5.69. The summed E-state index contributed by atoms with van der Waals surface area (Å²) in [4.78, 5) is 20.4. The summed E-state index contributed by atoms with van der Waals surface area (Å²) in [5.41, 5.74) is 2.19. The van der Waals surface area contributed by atoms with E-state index in [1.807, 2.05) is 21.8 Å². The normalized spacial score (nSPS) is 14.7. The van der Waals surface area contributed by atoms with Crippen LogP contribution in [0.1, 0.15) is 19.4 Å². The maximum absolute atomic E-state index is 11.5. The van der Waals surface area contributed by atoms with E-state index in [0.29, 0.717) is 6.54 Å². The molecule has 7 nitrogen and oxygen atoms in total. The van der Waals surface area contributed by atoms with Crippen molar-refractivity contribution in [2.24, 2.45) is 4.99 Å². The Morgan fingerprint density at radius 3 is 2.37 bits per heavy atom. The molecule has 1 aromatic heterocycles. The molecule has 1 amide bonds. The monoisotopic (exact) mass is 482 g/mol. The Morgan fingerprint density at radius 2 is 1.81 bits per heavy atom. The lowest BCUT2D eigenvalue weighted by atomic mass is 10.2. The molecule has 1 aliphatic heterocycles. The summed E-state index contributed by atoms with van der Waals surface area (Å²) in [6, 6.07) is 10.2. The van der Waals surface area contributed by atoms with Crippen LogP contribution >= 0.6 is 24.0 Å². The van der Waals surface area contributed by atoms with Gasteiger partial charge in [0.15, 0.2) is 5.96 Å². The summed E-state index contributed by atoms with van der Waals surface area (Å²) < 4.78 is 1.84. The number of nitrogens with zero attached hydrogens (tertiary/aromatic N) is 5. The van der Waals surface area contributed by atoms with Gasteiger partial charge in [-0.2, -0.15) is 5.10 Å². The van der Waals surface area contributed by atoms with E-state index in [1.54, 1.807) is 13.1 Å². The van der Waals surface area contributed by atoms with Crippen LogP contribution in [0.3, 0.4) is 0 Å². The number of benzene rings is 1. The van der Waals surface area contributed by atoms with Crippen LogP contribution < -0.4 is 5.32 Å². The van der Waals surface area contributed by atoms with E-state index in [4.69, 9.17) is 4.99 Å². The average molecular weight is 482 g/mol. The molecule has 1 saturated heterocycles. The van der Waals surface area contributed by atoms with Gasteiger partial charge in [0.1, 0.15) is 0 Å². The zero-order valence-corrected chi connectivity index (χ0v) is 18.2. The van der Waals surface area contributed by atoms with Crippen molar-refractivity contribution in [2.75, 3.05) is 32.7 Å². The molecular weight excluding hydrogens is 455 g/mol. The van der Waals surface area contributed by atoms with E-state index < -0.39 is 0 Å². The van der Waals surface area contributed by atoms with Gasteiger partial charge in [-0.25, -0.2) is 9.67 Å². The smallest absolute Gasteiger partial charge is 0.219 e. The van der Waals surface area contributed by atoms with Crippen molar-refractivity contribution >= 4 is 35.8 Å². The van der Waals surface area contributed by atoms with Crippen LogP contribution in [-0.4, -0.2) is 64.2 Å². The van der Waals surface area contributed by atoms with Crippen molar-refractivity contribution in [1.29, 1.82) is 0 Å². The summed E-state index contributed by atoms with van der Waals surface area (Å²) >= 11 is 0. The topological polar surface area (TPSA) is 65.8 Å². The SMILES string of the molecule is CCNC(=NCc1ccc(-n2cccn2)cc1)N1CCN(C(C)=O)CC1.I. The minimum absolute atomic E-state index is 0. The van der Waals surface area contributed by atoms with Crippen molar-refractivity contribution in [3.05, 3.63) is 48.3 Å². The maximum atomic E-state index is 11.5. The molecule has 27 heavy (non-hydrogen) atoms. The van der Waals surface area contributed by atoms with E-state index in [-0.39, 0.29) is 29.9 Å². The number of nitrogens with one attached hydrogen (secondary N) is 1. The molecule has 8 heteroatoms. The second kappa shape index (κ2) is 10.3. The van der Waals surface area contributed by atoms with E-state index in [9.17, 15) is 4.79 Å². The first-order valence-corrected chi connectivity index (χ1v) is 9.05. The van der Waals surface area contributed by atoms with Gasteiger partial charge in [-0.05, 0) is 30.7 Å². The lowest BCUT2D eigenvalue weighted by Gasteiger charge is -2.36. The molecule has 0 bridgehead atoms. The van der Waals surface area contributed by atoms with E-state index in [2.05, 4.69) is 46.5 Å². The van der Waals surface area contributed by atoms with Crippen LogP contribution in [0, 0.1) is 0 Å². The van der Waals surface area contributed by atoms with Gasteiger partial charge >= 0.3 is 0 Å². The van der Waals surface area contributed by atoms with Crippen molar-refractivity contribution in [1.82, 2.24) is 24.9 Å². The molecule has 1 aliphatic rings. The number of aliphatic imine (C=N–C) groups is 1. The zero-order valence-electron chi connectivity index (χ0n) is 15.8. The highest BCUT2D eigenvalue weighted by Crippen LogP contribution is 2.10. The standard InChI is InChI=1S/C19H26N6O.HI/c1-3-20-19(24-13-11-23(12-14-24)16(2)26)21-15-17-5-7-18(8-6-17)25-10-4-9-22-25;/h4-10H,3,11-15H2,1-2H3,(H,20,21);1H. The Kier molecular flexibility index (Phi) is 8.08. The first-order valence-electron chi connectivity index (χ1n) is 9.05. The van der Waals surface area contributed by atoms with Crippen LogP contribution in [0.2, 0.25) is 0 Å². The number of piperazine rings is 1. The number of aromatic nitrogens is 2. The molecule has 0 atom stereocenters. The van der Waals surface area contributed by atoms with Gasteiger partial charge in [0.05, 0.1) is 12.2 Å². The largest absolute Gasteiger partial charge is 0.357 e. The van der Waals surface area contributed by atoms with Crippen molar-refractivity contribution in [2.45, 2.75) is 20.4 Å². The van der Waals surface area contributed by atoms with E-state index in [0.717, 1.165) is 49.9 Å². The Balaban J connectivity index is 0.00000261. The number of guanidine groups is 1. The molecular formula is C19H27IN6O. The Labute approximate surface area is 177 Å². The molecule has 1 aromatic carbocycles. The van der Waals surface area contributed by atoms with Gasteiger partial charge in [-0.1, -0.05) is 12.1 Å². The Hall–Kier alpha value is -2.10.